The molecule has 1 aliphatic rings. The Hall–Kier alpha value is -3.68. The van der Waals surface area contributed by atoms with Crippen LogP contribution < -0.4 is 25.2 Å². The van der Waals surface area contributed by atoms with E-state index in [9.17, 15) is 14.4 Å². The van der Waals surface area contributed by atoms with Gasteiger partial charge in [0.05, 0.1) is 29.0 Å². The molecule has 0 saturated heterocycles. The number of furan rings is 1. The second-order valence-electron chi connectivity index (χ2n) is 9.37. The van der Waals surface area contributed by atoms with Crippen LogP contribution in [0.3, 0.4) is 0 Å². The van der Waals surface area contributed by atoms with Gasteiger partial charge in [0.2, 0.25) is 0 Å². The van der Waals surface area contributed by atoms with E-state index in [-0.39, 0.29) is 22.8 Å². The molecule has 0 amide bonds. The lowest BCUT2D eigenvalue weighted by atomic mass is 9.95. The monoisotopic (exact) mass is 656 g/mol. The van der Waals surface area contributed by atoms with Gasteiger partial charge in [0.1, 0.15) is 17.6 Å². The van der Waals surface area contributed by atoms with Gasteiger partial charge in [0.25, 0.3) is 11.1 Å². The third kappa shape index (κ3) is 6.02. The van der Waals surface area contributed by atoms with Gasteiger partial charge in [-0.15, -0.1) is 0 Å². The first-order chi connectivity index (χ1) is 19.5. The maximum atomic E-state index is 13.9. The highest BCUT2D eigenvalue weighted by Gasteiger charge is 2.35. The van der Waals surface area contributed by atoms with E-state index in [1.807, 2.05) is 12.1 Å². The van der Waals surface area contributed by atoms with Crippen LogP contribution in [-0.2, 0) is 9.53 Å². The summed E-state index contributed by atoms with van der Waals surface area (Å²) in [6, 6.07) is 9.44. The molecule has 0 radical (unpaired) electrons. The molecule has 41 heavy (non-hydrogen) atoms. The standard InChI is InChI=1S/C28H25BrN4O6S2/c1-13(2)38-26(36)23-15(4)31-28-33(24(23)18-11-16(29)6-8-19(18)37-5)25(35)20(40-28)12-17-7-9-22(39-17)41-27-30-14(3)10-21(34)32-27/h6-13,24H,1-5H3,(H,30,32,34)/b20-12-/t24-/m0/s1. The first-order valence-corrected chi connectivity index (χ1v) is 14.9. The first-order valence-electron chi connectivity index (χ1n) is 12.5. The van der Waals surface area contributed by atoms with Crippen molar-refractivity contribution in [2.45, 2.75) is 50.1 Å². The molecule has 10 nitrogen and oxygen atoms in total. The number of esters is 1. The molecular weight excluding hydrogens is 632 g/mol. The van der Waals surface area contributed by atoms with Crippen LogP contribution in [0.1, 0.15) is 43.8 Å². The summed E-state index contributed by atoms with van der Waals surface area (Å²) in [5.41, 5.74) is 1.30. The molecule has 0 fully saturated rings. The van der Waals surface area contributed by atoms with Gasteiger partial charge >= 0.3 is 5.97 Å². The number of H-pyrrole nitrogens is 1. The molecule has 4 heterocycles. The van der Waals surface area contributed by atoms with E-state index in [4.69, 9.17) is 13.9 Å². The predicted octanol–water partition coefficient (Wildman–Crippen LogP) is 4.09. The molecule has 1 aromatic carbocycles. The molecule has 5 rings (SSSR count). The van der Waals surface area contributed by atoms with Crippen LogP contribution in [0.5, 0.6) is 5.75 Å². The van der Waals surface area contributed by atoms with Crippen LogP contribution in [0.25, 0.3) is 6.08 Å². The number of nitrogens with zero attached hydrogens (tertiary/aromatic N) is 3. The van der Waals surface area contributed by atoms with Crippen LogP contribution >= 0.6 is 39.0 Å². The van der Waals surface area contributed by atoms with Crippen molar-refractivity contribution in [3.63, 3.8) is 0 Å². The number of hydrogen-bond donors (Lipinski definition) is 1. The highest BCUT2D eigenvalue weighted by molar-refractivity contribution is 9.10. The summed E-state index contributed by atoms with van der Waals surface area (Å²) in [6.07, 6.45) is 1.26. The molecule has 0 spiro atoms. The van der Waals surface area contributed by atoms with Gasteiger partial charge in [-0.05, 0) is 69.8 Å². The fourth-order valence-corrected chi connectivity index (χ4v) is 6.58. The van der Waals surface area contributed by atoms with Crippen molar-refractivity contribution in [1.82, 2.24) is 14.5 Å². The van der Waals surface area contributed by atoms with E-state index in [0.717, 1.165) is 16.2 Å². The van der Waals surface area contributed by atoms with Crippen molar-refractivity contribution in [3.8, 4) is 5.75 Å². The number of fused-ring (bicyclic) bond motifs is 1. The average molecular weight is 658 g/mol. The van der Waals surface area contributed by atoms with E-state index >= 15 is 0 Å². The summed E-state index contributed by atoms with van der Waals surface area (Å²) in [5, 5.41) is 0.888. The van der Waals surface area contributed by atoms with Gasteiger partial charge in [-0.1, -0.05) is 27.3 Å². The van der Waals surface area contributed by atoms with Crippen molar-refractivity contribution < 1.29 is 18.7 Å². The van der Waals surface area contributed by atoms with Gasteiger partial charge in [0.15, 0.2) is 15.1 Å². The summed E-state index contributed by atoms with van der Waals surface area (Å²) < 4.78 is 19.7. The number of nitrogens with one attached hydrogen (secondary N) is 1. The number of thiazole rings is 1. The summed E-state index contributed by atoms with van der Waals surface area (Å²) in [4.78, 5) is 51.1. The molecule has 1 atom stereocenters. The van der Waals surface area contributed by atoms with Gasteiger partial charge in [0, 0.05) is 27.9 Å². The number of methoxy groups -OCH3 is 1. The maximum Gasteiger partial charge on any atom is 0.338 e. The maximum absolute atomic E-state index is 13.9. The van der Waals surface area contributed by atoms with E-state index in [0.29, 0.717) is 48.0 Å². The molecule has 0 bridgehead atoms. The summed E-state index contributed by atoms with van der Waals surface area (Å²) in [5.74, 6) is 0.380. The Balaban J connectivity index is 1.62. The molecule has 1 N–H and O–H groups in total. The minimum atomic E-state index is -0.834. The summed E-state index contributed by atoms with van der Waals surface area (Å²) in [7, 11) is 1.54. The molecule has 4 aromatic rings. The van der Waals surface area contributed by atoms with Gasteiger partial charge in [-0.2, -0.15) is 0 Å². The largest absolute Gasteiger partial charge is 0.496 e. The first kappa shape index (κ1) is 28.8. The molecule has 13 heteroatoms. The summed E-state index contributed by atoms with van der Waals surface area (Å²) >= 11 is 5.85. The summed E-state index contributed by atoms with van der Waals surface area (Å²) in [6.45, 7) is 6.99. The second-order valence-corrected chi connectivity index (χ2v) is 12.3. The van der Waals surface area contributed by atoms with Crippen molar-refractivity contribution in [2.24, 2.45) is 4.99 Å². The topological polar surface area (TPSA) is 129 Å². The lowest BCUT2D eigenvalue weighted by molar-refractivity contribution is -0.143. The third-order valence-electron chi connectivity index (χ3n) is 5.99. The van der Waals surface area contributed by atoms with Gasteiger partial charge in [-0.3, -0.25) is 14.2 Å². The lowest BCUT2D eigenvalue weighted by Crippen LogP contribution is -2.40. The molecule has 0 aliphatic carbocycles. The fourth-order valence-electron chi connectivity index (χ4n) is 4.36. The van der Waals surface area contributed by atoms with Crippen LogP contribution in [0, 0.1) is 6.92 Å². The number of carbonyl (C=O) groups excluding carboxylic acids is 1. The minimum absolute atomic E-state index is 0.253. The zero-order valence-electron chi connectivity index (χ0n) is 22.7. The molecular formula is C28H25BrN4O6S2. The molecule has 0 saturated carbocycles. The van der Waals surface area contributed by atoms with E-state index in [1.165, 1.54) is 29.1 Å². The predicted molar refractivity (Wildman–Crippen MR) is 158 cm³/mol. The molecule has 1 aliphatic heterocycles. The van der Waals surface area contributed by atoms with Gasteiger partial charge < -0.3 is 18.9 Å². The zero-order valence-corrected chi connectivity index (χ0v) is 25.9. The number of aromatic amines is 1. The molecule has 212 valence electrons. The number of allylic oxidation sites excluding steroid dienone is 1. The number of benzene rings is 1. The van der Waals surface area contributed by atoms with E-state index in [2.05, 4.69) is 30.9 Å². The Morgan fingerprint density at radius 2 is 2.00 bits per heavy atom. The Kier molecular flexibility index (Phi) is 8.20. The normalized spacial score (nSPS) is 15.2. The number of rotatable bonds is 7. The average Bonchev–Trinajstić information content (AvgIpc) is 3.45. The zero-order chi connectivity index (χ0) is 29.4. The van der Waals surface area contributed by atoms with Crippen LogP contribution in [-0.4, -0.2) is 33.7 Å². The van der Waals surface area contributed by atoms with Crippen molar-refractivity contribution in [1.29, 1.82) is 0 Å². The third-order valence-corrected chi connectivity index (χ3v) is 8.27. The number of ether oxygens (including phenoxy) is 2. The van der Waals surface area contributed by atoms with E-state index in [1.54, 1.807) is 52.0 Å². The highest BCUT2D eigenvalue weighted by Crippen LogP contribution is 2.37. The van der Waals surface area contributed by atoms with E-state index < -0.39 is 12.0 Å². The Bertz CT molecular complexity index is 1940. The lowest BCUT2D eigenvalue weighted by Gasteiger charge is -2.26. The van der Waals surface area contributed by atoms with Crippen LogP contribution in [0.15, 0.2) is 81.4 Å². The number of halogens is 1. The Labute approximate surface area is 250 Å². The van der Waals surface area contributed by atoms with Crippen molar-refractivity contribution in [3.05, 3.63) is 99.2 Å². The molecule has 3 aromatic heterocycles. The minimum Gasteiger partial charge on any atom is -0.496 e. The highest BCUT2D eigenvalue weighted by atomic mass is 79.9. The number of carbonyl (C=O) groups is 1. The van der Waals surface area contributed by atoms with Crippen molar-refractivity contribution >= 4 is 51.1 Å². The Morgan fingerprint density at radius 3 is 2.71 bits per heavy atom. The number of aromatic nitrogens is 3. The smallest absolute Gasteiger partial charge is 0.338 e. The SMILES string of the molecule is COc1ccc(Br)cc1[C@H]1C(C(=O)OC(C)C)=C(C)N=c2s/c(=C\c3ccc(Sc4nc(C)cc(=O)[nH]4)o3)c(=O)n21. The van der Waals surface area contributed by atoms with Crippen molar-refractivity contribution in [2.75, 3.05) is 7.11 Å². The number of aryl methyl sites for hydroxylation is 1. The van der Waals surface area contributed by atoms with Gasteiger partial charge in [-0.25, -0.2) is 14.8 Å². The van der Waals surface area contributed by atoms with Crippen LogP contribution in [0.4, 0.5) is 0 Å². The fraction of sp³-hybridized carbons (Fsp3) is 0.250. The molecule has 0 unspecified atom stereocenters. The van der Waals surface area contributed by atoms with Crippen LogP contribution in [0.2, 0.25) is 0 Å². The Morgan fingerprint density at radius 1 is 1.22 bits per heavy atom. The quantitative estimate of drug-likeness (QED) is 0.233. The number of hydrogen-bond acceptors (Lipinski definition) is 10. The second kappa shape index (κ2) is 11.7.